The zero-order chi connectivity index (χ0) is 11.1. The van der Waals surface area contributed by atoms with E-state index in [0.717, 1.165) is 4.70 Å². The number of ketones is 1. The summed E-state index contributed by atoms with van der Waals surface area (Å²) in [7, 11) is 0. The number of carbonyl (C=O) groups excluding carboxylic acids is 1. The second-order valence-corrected chi connectivity index (χ2v) is 4.88. The number of carbonyl (C=O) groups is 1. The van der Waals surface area contributed by atoms with E-state index in [4.69, 9.17) is 0 Å². The molecule has 1 aromatic carbocycles. The van der Waals surface area contributed by atoms with Crippen LogP contribution in [0.15, 0.2) is 29.6 Å². The Labute approximate surface area is 96.8 Å². The third-order valence-electron chi connectivity index (χ3n) is 1.98. The molecule has 0 N–H and O–H groups in total. The van der Waals surface area contributed by atoms with Gasteiger partial charge in [-0.1, -0.05) is 18.2 Å². The van der Waals surface area contributed by atoms with E-state index in [1.54, 1.807) is 24.3 Å². The topological polar surface area (TPSA) is 17.1 Å². The number of hydrogen-bond acceptors (Lipinski definition) is 2. The lowest BCUT2D eigenvalue weighted by molar-refractivity contribution is 0.0595. The molecule has 1 heterocycles. The Morgan fingerprint density at radius 1 is 1.33 bits per heavy atom. The molecular formula is C10H5BrF2OS. The summed E-state index contributed by atoms with van der Waals surface area (Å²) in [5.74, 6) is -1.19. The van der Waals surface area contributed by atoms with Gasteiger partial charge < -0.3 is 0 Å². The Kier molecular flexibility index (Phi) is 2.60. The summed E-state index contributed by atoms with van der Waals surface area (Å²) in [4.78, 5) is 7.86. The number of alkyl halides is 3. The lowest BCUT2D eigenvalue weighted by Gasteiger charge is -2.05. The fourth-order valence-electron chi connectivity index (χ4n) is 1.31. The first kappa shape index (κ1) is 10.7. The van der Waals surface area contributed by atoms with Crippen LogP contribution >= 0.6 is 27.3 Å². The molecular weight excluding hydrogens is 286 g/mol. The van der Waals surface area contributed by atoms with Gasteiger partial charge in [-0.2, -0.15) is 8.78 Å². The summed E-state index contributed by atoms with van der Waals surface area (Å²) in [6.07, 6.45) is 0. The van der Waals surface area contributed by atoms with Gasteiger partial charge in [0.2, 0.25) is 5.78 Å². The SMILES string of the molecule is O=C(c1csc2ccccc12)C(F)(F)Br. The van der Waals surface area contributed by atoms with E-state index in [2.05, 4.69) is 15.9 Å². The molecule has 0 amide bonds. The van der Waals surface area contributed by atoms with Crippen LogP contribution in [0.1, 0.15) is 10.4 Å². The molecule has 5 heteroatoms. The Morgan fingerprint density at radius 3 is 2.67 bits per heavy atom. The van der Waals surface area contributed by atoms with Crippen LogP contribution in [-0.4, -0.2) is 10.6 Å². The molecule has 15 heavy (non-hydrogen) atoms. The van der Waals surface area contributed by atoms with Gasteiger partial charge in [0, 0.05) is 21.0 Å². The maximum Gasteiger partial charge on any atom is 0.363 e. The molecule has 0 fully saturated rings. The number of thiophene rings is 1. The zero-order valence-electron chi connectivity index (χ0n) is 7.34. The van der Waals surface area contributed by atoms with Gasteiger partial charge in [0.25, 0.3) is 0 Å². The minimum absolute atomic E-state index is 0.0671. The van der Waals surface area contributed by atoms with Crippen LogP contribution in [0, 0.1) is 0 Å². The molecule has 0 aliphatic carbocycles. The van der Waals surface area contributed by atoms with E-state index < -0.39 is 10.6 Å². The average molecular weight is 291 g/mol. The third-order valence-corrected chi connectivity index (χ3v) is 3.31. The first-order chi connectivity index (χ1) is 7.00. The van der Waals surface area contributed by atoms with Crippen molar-refractivity contribution in [3.8, 4) is 0 Å². The van der Waals surface area contributed by atoms with Crippen LogP contribution in [0.25, 0.3) is 10.1 Å². The van der Waals surface area contributed by atoms with Crippen LogP contribution in [0.3, 0.4) is 0 Å². The lowest BCUT2D eigenvalue weighted by Crippen LogP contribution is -2.20. The summed E-state index contributed by atoms with van der Waals surface area (Å²) in [5.41, 5.74) is 0.0671. The highest BCUT2D eigenvalue weighted by atomic mass is 79.9. The standard InChI is InChI=1S/C10H5BrF2OS/c11-10(12,13)9(14)7-5-15-8-4-2-1-3-6(7)8/h1-5H. The van der Waals surface area contributed by atoms with Crippen molar-refractivity contribution in [2.45, 2.75) is 4.83 Å². The molecule has 0 atom stereocenters. The molecule has 0 unspecified atom stereocenters. The molecule has 1 aromatic heterocycles. The predicted molar refractivity (Wildman–Crippen MR) is 60.0 cm³/mol. The molecule has 0 aliphatic heterocycles. The molecule has 2 rings (SSSR count). The first-order valence-corrected chi connectivity index (χ1v) is 5.75. The summed E-state index contributed by atoms with van der Waals surface area (Å²) >= 11 is 3.36. The number of rotatable bonds is 2. The molecule has 0 saturated carbocycles. The van der Waals surface area contributed by atoms with E-state index >= 15 is 0 Å². The number of benzene rings is 1. The predicted octanol–water partition coefficient (Wildman–Crippen LogP) is 4.07. The second kappa shape index (κ2) is 3.64. The van der Waals surface area contributed by atoms with E-state index in [1.165, 1.54) is 16.7 Å². The van der Waals surface area contributed by atoms with Crippen molar-refractivity contribution in [2.75, 3.05) is 0 Å². The summed E-state index contributed by atoms with van der Waals surface area (Å²) < 4.78 is 26.4. The zero-order valence-corrected chi connectivity index (χ0v) is 9.74. The van der Waals surface area contributed by atoms with Gasteiger partial charge in [-0.15, -0.1) is 11.3 Å². The minimum atomic E-state index is -3.49. The van der Waals surface area contributed by atoms with Crippen LogP contribution in [-0.2, 0) is 0 Å². The quantitative estimate of drug-likeness (QED) is 0.602. The van der Waals surface area contributed by atoms with Gasteiger partial charge in [0.05, 0.1) is 0 Å². The largest absolute Gasteiger partial charge is 0.363 e. The van der Waals surface area contributed by atoms with Gasteiger partial charge in [-0.3, -0.25) is 4.79 Å². The van der Waals surface area contributed by atoms with Gasteiger partial charge >= 0.3 is 4.83 Å². The van der Waals surface area contributed by atoms with Crippen LogP contribution in [0.5, 0.6) is 0 Å². The molecule has 2 aromatic rings. The Bertz CT molecular complexity index is 515. The van der Waals surface area contributed by atoms with Crippen molar-refractivity contribution in [3.63, 3.8) is 0 Å². The van der Waals surface area contributed by atoms with Crippen LogP contribution in [0.2, 0.25) is 0 Å². The highest BCUT2D eigenvalue weighted by Crippen LogP contribution is 2.33. The normalized spacial score (nSPS) is 11.9. The van der Waals surface area contributed by atoms with Crippen LogP contribution in [0.4, 0.5) is 8.78 Å². The van der Waals surface area contributed by atoms with Crippen molar-refractivity contribution in [2.24, 2.45) is 0 Å². The molecule has 0 aliphatic rings. The van der Waals surface area contributed by atoms with E-state index in [1.807, 2.05) is 0 Å². The third kappa shape index (κ3) is 1.94. The second-order valence-electron chi connectivity index (χ2n) is 2.97. The Morgan fingerprint density at radius 2 is 2.00 bits per heavy atom. The number of halogens is 3. The highest BCUT2D eigenvalue weighted by Gasteiger charge is 2.36. The van der Waals surface area contributed by atoms with E-state index in [-0.39, 0.29) is 5.56 Å². The fourth-order valence-corrected chi connectivity index (χ4v) is 2.46. The fraction of sp³-hybridized carbons (Fsp3) is 0.100. The first-order valence-electron chi connectivity index (χ1n) is 4.08. The molecule has 0 bridgehead atoms. The molecule has 0 radical (unpaired) electrons. The van der Waals surface area contributed by atoms with Crippen LogP contribution < -0.4 is 0 Å². The van der Waals surface area contributed by atoms with Crippen molar-refractivity contribution < 1.29 is 13.6 Å². The van der Waals surface area contributed by atoms with Gasteiger partial charge in [0.15, 0.2) is 0 Å². The minimum Gasteiger partial charge on any atom is -0.286 e. The Balaban J connectivity index is 2.58. The highest BCUT2D eigenvalue weighted by molar-refractivity contribution is 9.10. The van der Waals surface area contributed by atoms with E-state index in [9.17, 15) is 13.6 Å². The van der Waals surface area contributed by atoms with Gasteiger partial charge in [-0.25, -0.2) is 0 Å². The molecule has 0 spiro atoms. The van der Waals surface area contributed by atoms with Gasteiger partial charge in [0.1, 0.15) is 0 Å². The Hall–Kier alpha value is -0.810. The van der Waals surface area contributed by atoms with Crippen molar-refractivity contribution >= 4 is 43.1 Å². The number of Topliss-reactive ketones (excluding diaryl/α,β-unsaturated/α-hetero) is 1. The van der Waals surface area contributed by atoms with E-state index in [0.29, 0.717) is 5.39 Å². The maximum atomic E-state index is 12.8. The maximum absolute atomic E-state index is 12.8. The summed E-state index contributed by atoms with van der Waals surface area (Å²) in [6, 6.07) is 6.98. The van der Waals surface area contributed by atoms with Crippen molar-refractivity contribution in [1.82, 2.24) is 0 Å². The van der Waals surface area contributed by atoms with Gasteiger partial charge in [-0.05, 0) is 22.0 Å². The summed E-state index contributed by atoms with van der Waals surface area (Å²) in [5, 5.41) is 2.04. The van der Waals surface area contributed by atoms with Crippen molar-refractivity contribution in [3.05, 3.63) is 35.2 Å². The molecule has 1 nitrogen and oxygen atoms in total. The molecule has 78 valence electrons. The number of hydrogen-bond donors (Lipinski definition) is 0. The summed E-state index contributed by atoms with van der Waals surface area (Å²) in [6.45, 7) is 0. The monoisotopic (exact) mass is 290 g/mol. The number of fused-ring (bicyclic) bond motifs is 1. The average Bonchev–Trinajstić information content (AvgIpc) is 2.58. The van der Waals surface area contributed by atoms with Crippen molar-refractivity contribution in [1.29, 1.82) is 0 Å². The smallest absolute Gasteiger partial charge is 0.286 e. The molecule has 0 saturated heterocycles. The lowest BCUT2D eigenvalue weighted by atomic mass is 10.1.